The van der Waals surface area contributed by atoms with Gasteiger partial charge in [0.1, 0.15) is 6.79 Å². The molecule has 6 heteroatoms. The number of aliphatic hydroxyl groups excluding tert-OH is 1. The van der Waals surface area contributed by atoms with Crippen molar-refractivity contribution < 1.29 is 24.1 Å². The zero-order valence-corrected chi connectivity index (χ0v) is 16.0. The van der Waals surface area contributed by atoms with Crippen molar-refractivity contribution in [3.8, 4) is 0 Å². The van der Waals surface area contributed by atoms with Gasteiger partial charge in [0.15, 0.2) is 0 Å². The van der Waals surface area contributed by atoms with Gasteiger partial charge in [-0.15, -0.1) is 0 Å². The molecule has 0 aromatic rings. The predicted octanol–water partition coefficient (Wildman–Crippen LogP) is 1.26. The van der Waals surface area contributed by atoms with Gasteiger partial charge in [-0.1, -0.05) is 0 Å². The monoisotopic (exact) mass is 367 g/mol. The zero-order chi connectivity index (χ0) is 17.8. The van der Waals surface area contributed by atoms with Crippen LogP contribution in [0.25, 0.3) is 0 Å². The molecule has 10 unspecified atom stereocenters. The van der Waals surface area contributed by atoms with Crippen molar-refractivity contribution in [2.75, 3.05) is 34.1 Å². The minimum Gasteiger partial charge on any atom is -0.391 e. The van der Waals surface area contributed by atoms with Gasteiger partial charge in [-0.25, -0.2) is 0 Å². The zero-order valence-electron chi connectivity index (χ0n) is 16.0. The van der Waals surface area contributed by atoms with Crippen LogP contribution in [0.3, 0.4) is 0 Å². The van der Waals surface area contributed by atoms with Gasteiger partial charge < -0.3 is 24.1 Å². The minimum atomic E-state index is -0.249. The molecule has 1 N–H and O–H groups in total. The molecule has 2 saturated carbocycles. The molecule has 5 rings (SSSR count). The number of methoxy groups -OCH3 is 2. The van der Waals surface area contributed by atoms with Gasteiger partial charge in [-0.3, -0.25) is 4.90 Å². The molecule has 5 aliphatic rings. The van der Waals surface area contributed by atoms with Crippen LogP contribution in [-0.2, 0) is 18.9 Å². The third-order valence-corrected chi connectivity index (χ3v) is 8.20. The van der Waals surface area contributed by atoms with Gasteiger partial charge in [0.05, 0.1) is 30.5 Å². The fraction of sp³-hybridized carbons (Fsp3) is 1.00. The maximum atomic E-state index is 10.9. The summed E-state index contributed by atoms with van der Waals surface area (Å²) in [6.07, 6.45) is 6.13. The topological polar surface area (TPSA) is 60.4 Å². The summed E-state index contributed by atoms with van der Waals surface area (Å²) in [5, 5.41) is 10.9. The van der Waals surface area contributed by atoms with E-state index < -0.39 is 0 Å². The molecule has 0 bridgehead atoms. The fourth-order valence-corrected chi connectivity index (χ4v) is 6.96. The van der Waals surface area contributed by atoms with Gasteiger partial charge in [0.2, 0.25) is 0 Å². The largest absolute Gasteiger partial charge is 0.391 e. The summed E-state index contributed by atoms with van der Waals surface area (Å²) >= 11 is 0. The second-order valence-corrected chi connectivity index (χ2v) is 9.13. The molecule has 3 aliphatic heterocycles. The molecule has 10 atom stereocenters. The van der Waals surface area contributed by atoms with Crippen LogP contribution in [0.1, 0.15) is 32.1 Å². The number of fused-ring (bicyclic) bond motifs is 5. The predicted molar refractivity (Wildman–Crippen MR) is 94.6 cm³/mol. The Bertz CT molecular complexity index is 518. The van der Waals surface area contributed by atoms with Gasteiger partial charge in [0, 0.05) is 39.3 Å². The second-order valence-electron chi connectivity index (χ2n) is 9.13. The van der Waals surface area contributed by atoms with Crippen molar-refractivity contribution >= 4 is 0 Å². The SMILES string of the molecule is COC1CCC2CC3C4CC5OCOC5CC4C(O)CN3CC2C1OC. The summed E-state index contributed by atoms with van der Waals surface area (Å²) in [6.45, 7) is 2.25. The number of ether oxygens (including phenoxy) is 4. The Hall–Kier alpha value is -0.240. The first-order valence-corrected chi connectivity index (χ1v) is 10.4. The molecule has 0 radical (unpaired) electrons. The first-order chi connectivity index (χ1) is 12.7. The number of rotatable bonds is 2. The van der Waals surface area contributed by atoms with Crippen molar-refractivity contribution in [2.45, 2.75) is 68.7 Å². The van der Waals surface area contributed by atoms with E-state index in [2.05, 4.69) is 4.90 Å². The summed E-state index contributed by atoms with van der Waals surface area (Å²) in [5.74, 6) is 2.12. The van der Waals surface area contributed by atoms with E-state index in [1.807, 2.05) is 7.11 Å². The number of hydrogen-bond acceptors (Lipinski definition) is 6. The molecule has 2 aliphatic carbocycles. The summed E-state index contributed by atoms with van der Waals surface area (Å²) < 4.78 is 23.2. The summed E-state index contributed by atoms with van der Waals surface area (Å²) in [6, 6.07) is 0.575. The van der Waals surface area contributed by atoms with E-state index >= 15 is 0 Å². The van der Waals surface area contributed by atoms with Crippen molar-refractivity contribution in [1.82, 2.24) is 4.90 Å². The average Bonchev–Trinajstić information content (AvgIpc) is 3.12. The number of aliphatic hydroxyl groups is 1. The van der Waals surface area contributed by atoms with Crippen molar-refractivity contribution in [1.29, 1.82) is 0 Å². The van der Waals surface area contributed by atoms with E-state index in [-0.39, 0.29) is 30.5 Å². The highest BCUT2D eigenvalue weighted by Crippen LogP contribution is 2.50. The lowest BCUT2D eigenvalue weighted by atomic mass is 9.61. The third-order valence-electron chi connectivity index (χ3n) is 8.20. The summed E-state index contributed by atoms with van der Waals surface area (Å²) in [7, 11) is 3.63. The molecule has 0 aromatic carbocycles. The van der Waals surface area contributed by atoms with Crippen LogP contribution in [0.4, 0.5) is 0 Å². The Morgan fingerprint density at radius 2 is 1.65 bits per heavy atom. The van der Waals surface area contributed by atoms with E-state index in [1.54, 1.807) is 7.11 Å². The Balaban J connectivity index is 1.36. The highest BCUT2D eigenvalue weighted by Gasteiger charge is 2.54. The van der Waals surface area contributed by atoms with Crippen molar-refractivity contribution in [2.24, 2.45) is 23.7 Å². The highest BCUT2D eigenvalue weighted by molar-refractivity contribution is 5.06. The highest BCUT2D eigenvalue weighted by atomic mass is 16.7. The summed E-state index contributed by atoms with van der Waals surface area (Å²) in [4.78, 5) is 2.56. The standard InChI is InChI=1S/C20H33NO5/c1-23-17-4-3-11-5-15-12-6-18-19(26-10-25-18)7-13(12)16(22)9-21(15)8-14(11)20(17)24-2/h11-20,22H,3-10H2,1-2H3. The smallest absolute Gasteiger partial charge is 0.147 e. The maximum absolute atomic E-state index is 10.9. The van der Waals surface area contributed by atoms with Gasteiger partial charge >= 0.3 is 0 Å². The van der Waals surface area contributed by atoms with E-state index in [1.165, 1.54) is 12.8 Å². The molecule has 0 aromatic heterocycles. The quantitative estimate of drug-likeness (QED) is 0.793. The second kappa shape index (κ2) is 6.98. The van der Waals surface area contributed by atoms with Crippen LogP contribution in [0.5, 0.6) is 0 Å². The van der Waals surface area contributed by atoms with Crippen LogP contribution in [0, 0.1) is 23.7 Å². The molecular weight excluding hydrogens is 334 g/mol. The van der Waals surface area contributed by atoms with E-state index in [0.29, 0.717) is 36.5 Å². The van der Waals surface area contributed by atoms with Crippen LogP contribution >= 0.6 is 0 Å². The molecule has 0 spiro atoms. The van der Waals surface area contributed by atoms with Gasteiger partial charge in [0.25, 0.3) is 0 Å². The van der Waals surface area contributed by atoms with Gasteiger partial charge in [-0.2, -0.15) is 0 Å². The first-order valence-electron chi connectivity index (χ1n) is 10.4. The number of hydrogen-bond donors (Lipinski definition) is 1. The lowest BCUT2D eigenvalue weighted by molar-refractivity contribution is -0.165. The minimum absolute atomic E-state index is 0.178. The third kappa shape index (κ3) is 2.76. The molecule has 26 heavy (non-hydrogen) atoms. The molecule has 3 heterocycles. The van der Waals surface area contributed by atoms with E-state index in [9.17, 15) is 5.11 Å². The molecular formula is C20H33NO5. The van der Waals surface area contributed by atoms with Gasteiger partial charge in [-0.05, 0) is 49.9 Å². The molecule has 6 nitrogen and oxygen atoms in total. The van der Waals surface area contributed by atoms with Crippen molar-refractivity contribution in [3.63, 3.8) is 0 Å². The first kappa shape index (κ1) is 17.8. The maximum Gasteiger partial charge on any atom is 0.147 e. The molecule has 3 saturated heterocycles. The molecule has 0 amide bonds. The van der Waals surface area contributed by atoms with Crippen LogP contribution < -0.4 is 0 Å². The van der Waals surface area contributed by atoms with Crippen LogP contribution in [0.15, 0.2) is 0 Å². The van der Waals surface area contributed by atoms with E-state index in [0.717, 1.165) is 32.4 Å². The Labute approximate surface area is 156 Å². The Morgan fingerprint density at radius 3 is 2.38 bits per heavy atom. The lowest BCUT2D eigenvalue weighted by Crippen LogP contribution is -2.65. The Morgan fingerprint density at radius 1 is 0.885 bits per heavy atom. The fourth-order valence-electron chi connectivity index (χ4n) is 6.96. The van der Waals surface area contributed by atoms with E-state index in [4.69, 9.17) is 18.9 Å². The lowest BCUT2D eigenvalue weighted by Gasteiger charge is -2.58. The normalized spacial score (nSPS) is 54.1. The number of nitrogens with zero attached hydrogens (tertiary/aromatic N) is 1. The number of piperidine rings is 2. The summed E-state index contributed by atoms with van der Waals surface area (Å²) in [5.41, 5.74) is 0. The molecule has 148 valence electrons. The van der Waals surface area contributed by atoms with Crippen molar-refractivity contribution in [3.05, 3.63) is 0 Å². The Kier molecular flexibility index (Phi) is 4.78. The average molecular weight is 367 g/mol. The van der Waals surface area contributed by atoms with Crippen LogP contribution in [-0.4, -0.2) is 80.7 Å². The molecule has 5 fully saturated rings. The van der Waals surface area contributed by atoms with Crippen LogP contribution in [0.2, 0.25) is 0 Å².